The molecule has 2 heteroatoms. The minimum absolute atomic E-state index is 0.938. The van der Waals surface area contributed by atoms with Crippen LogP contribution >= 0.6 is 0 Å². The monoisotopic (exact) mass is 173 g/mol. The van der Waals surface area contributed by atoms with Gasteiger partial charge < -0.3 is 5.32 Å². The lowest BCUT2D eigenvalue weighted by Gasteiger charge is -2.01. The van der Waals surface area contributed by atoms with Gasteiger partial charge in [-0.25, -0.2) is 0 Å². The summed E-state index contributed by atoms with van der Waals surface area (Å²) < 4.78 is 0. The SMILES string of the molecule is [c]1ccccc1CCC1=NCCN1. The zero-order chi connectivity index (χ0) is 8.93. The largest absolute Gasteiger partial charge is 0.372 e. The van der Waals surface area contributed by atoms with Gasteiger partial charge >= 0.3 is 0 Å². The van der Waals surface area contributed by atoms with Crippen LogP contribution in [0.3, 0.4) is 0 Å². The second kappa shape index (κ2) is 4.08. The Morgan fingerprint density at radius 3 is 3.08 bits per heavy atom. The highest BCUT2D eigenvalue weighted by Gasteiger charge is 2.04. The number of aliphatic imine (C=N–C) groups is 1. The van der Waals surface area contributed by atoms with Gasteiger partial charge in [0.25, 0.3) is 0 Å². The molecule has 0 spiro atoms. The lowest BCUT2D eigenvalue weighted by atomic mass is 10.1. The highest BCUT2D eigenvalue weighted by molar-refractivity contribution is 5.83. The van der Waals surface area contributed by atoms with Crippen molar-refractivity contribution in [3.05, 3.63) is 35.9 Å². The van der Waals surface area contributed by atoms with E-state index < -0.39 is 0 Å². The van der Waals surface area contributed by atoms with Crippen molar-refractivity contribution in [2.45, 2.75) is 12.8 Å². The van der Waals surface area contributed by atoms with Gasteiger partial charge in [-0.05, 0) is 18.1 Å². The molecule has 0 aromatic heterocycles. The maximum Gasteiger partial charge on any atom is 0.0967 e. The van der Waals surface area contributed by atoms with Crippen molar-refractivity contribution in [1.82, 2.24) is 5.32 Å². The number of hydrogen-bond donors (Lipinski definition) is 1. The number of hydrogen-bond acceptors (Lipinski definition) is 2. The van der Waals surface area contributed by atoms with E-state index in [1.54, 1.807) is 0 Å². The second-order valence-corrected chi connectivity index (χ2v) is 3.14. The molecule has 0 unspecified atom stereocenters. The average Bonchev–Trinajstić information content (AvgIpc) is 2.69. The number of nitrogens with zero attached hydrogens (tertiary/aromatic N) is 1. The third-order valence-electron chi connectivity index (χ3n) is 2.15. The predicted octanol–water partition coefficient (Wildman–Crippen LogP) is 1.42. The van der Waals surface area contributed by atoms with Crippen molar-refractivity contribution in [1.29, 1.82) is 0 Å². The fourth-order valence-corrected chi connectivity index (χ4v) is 1.45. The molecule has 1 N–H and O–H groups in total. The van der Waals surface area contributed by atoms with E-state index in [0.29, 0.717) is 0 Å². The standard InChI is InChI=1S/C11H13N2/c1-2-4-10(5-3-1)6-7-11-12-8-9-13-11/h1-4H,6-9H2,(H,12,13). The van der Waals surface area contributed by atoms with E-state index in [1.165, 1.54) is 5.56 Å². The van der Waals surface area contributed by atoms with E-state index in [0.717, 1.165) is 31.8 Å². The topological polar surface area (TPSA) is 24.4 Å². The Morgan fingerprint density at radius 2 is 2.38 bits per heavy atom. The van der Waals surface area contributed by atoms with Crippen LogP contribution < -0.4 is 5.32 Å². The summed E-state index contributed by atoms with van der Waals surface area (Å²) in [6.07, 6.45) is 2.05. The molecule has 67 valence electrons. The van der Waals surface area contributed by atoms with Gasteiger partial charge in [-0.15, -0.1) is 0 Å². The van der Waals surface area contributed by atoms with E-state index in [9.17, 15) is 0 Å². The summed E-state index contributed by atoms with van der Waals surface area (Å²) in [6.45, 7) is 1.95. The Kier molecular flexibility index (Phi) is 2.60. The molecule has 2 nitrogen and oxygen atoms in total. The van der Waals surface area contributed by atoms with Crippen LogP contribution in [-0.2, 0) is 6.42 Å². The number of aryl methyl sites for hydroxylation is 1. The number of nitrogens with one attached hydrogen (secondary N) is 1. The van der Waals surface area contributed by atoms with Crippen molar-refractivity contribution >= 4 is 5.84 Å². The first-order valence-electron chi connectivity index (χ1n) is 4.68. The van der Waals surface area contributed by atoms with Crippen LogP contribution in [0, 0.1) is 6.07 Å². The van der Waals surface area contributed by atoms with Crippen molar-refractivity contribution < 1.29 is 0 Å². The van der Waals surface area contributed by atoms with Crippen LogP contribution in [0.1, 0.15) is 12.0 Å². The Labute approximate surface area is 78.7 Å². The third-order valence-corrected chi connectivity index (χ3v) is 2.15. The highest BCUT2D eigenvalue weighted by Crippen LogP contribution is 2.03. The van der Waals surface area contributed by atoms with Crippen molar-refractivity contribution in [2.24, 2.45) is 4.99 Å². The first kappa shape index (κ1) is 8.30. The van der Waals surface area contributed by atoms with E-state index in [4.69, 9.17) is 0 Å². The number of benzene rings is 1. The van der Waals surface area contributed by atoms with Crippen LogP contribution in [0.25, 0.3) is 0 Å². The second-order valence-electron chi connectivity index (χ2n) is 3.14. The summed E-state index contributed by atoms with van der Waals surface area (Å²) in [5, 5.41) is 3.26. The molecule has 0 saturated heterocycles. The lowest BCUT2D eigenvalue weighted by Crippen LogP contribution is -2.18. The van der Waals surface area contributed by atoms with Crippen molar-refractivity contribution in [2.75, 3.05) is 13.1 Å². The van der Waals surface area contributed by atoms with E-state index in [2.05, 4.69) is 28.5 Å². The van der Waals surface area contributed by atoms with Gasteiger partial charge in [0, 0.05) is 13.0 Å². The summed E-state index contributed by atoms with van der Waals surface area (Å²) in [7, 11) is 0. The molecule has 1 aliphatic heterocycles. The van der Waals surface area contributed by atoms with Crippen LogP contribution in [-0.4, -0.2) is 18.9 Å². The lowest BCUT2D eigenvalue weighted by molar-refractivity contribution is 0.933. The Morgan fingerprint density at radius 1 is 1.38 bits per heavy atom. The van der Waals surface area contributed by atoms with Gasteiger partial charge in [0.05, 0.1) is 12.4 Å². The molecule has 0 aliphatic carbocycles. The zero-order valence-electron chi connectivity index (χ0n) is 7.59. The third kappa shape index (κ3) is 2.31. The highest BCUT2D eigenvalue weighted by atomic mass is 15.1. The quantitative estimate of drug-likeness (QED) is 0.734. The molecule has 13 heavy (non-hydrogen) atoms. The molecule has 2 rings (SSSR count). The summed E-state index contributed by atoms with van der Waals surface area (Å²) >= 11 is 0. The number of rotatable bonds is 3. The zero-order valence-corrected chi connectivity index (χ0v) is 7.59. The minimum Gasteiger partial charge on any atom is -0.372 e. The van der Waals surface area contributed by atoms with E-state index >= 15 is 0 Å². The molecule has 0 fully saturated rings. The summed E-state index contributed by atoms with van der Waals surface area (Å²) in [5.74, 6) is 1.15. The summed E-state index contributed by atoms with van der Waals surface area (Å²) in [6, 6.07) is 11.3. The maximum absolute atomic E-state index is 4.34. The number of amidine groups is 1. The fraction of sp³-hybridized carbons (Fsp3) is 0.364. The van der Waals surface area contributed by atoms with E-state index in [1.807, 2.05) is 12.1 Å². The predicted molar refractivity (Wildman–Crippen MR) is 53.9 cm³/mol. The van der Waals surface area contributed by atoms with E-state index in [-0.39, 0.29) is 0 Å². The molecular formula is C11H13N2. The van der Waals surface area contributed by atoms with Crippen molar-refractivity contribution in [3.8, 4) is 0 Å². The summed E-state index contributed by atoms with van der Waals surface area (Å²) in [5.41, 5.74) is 1.26. The fourth-order valence-electron chi connectivity index (χ4n) is 1.45. The molecule has 0 amide bonds. The molecule has 1 aromatic carbocycles. The van der Waals surface area contributed by atoms with Gasteiger partial charge in [-0.2, -0.15) is 0 Å². The maximum atomic E-state index is 4.34. The molecule has 0 bridgehead atoms. The molecule has 0 saturated carbocycles. The van der Waals surface area contributed by atoms with Crippen LogP contribution in [0.15, 0.2) is 29.3 Å². The molecule has 1 heterocycles. The first-order chi connectivity index (χ1) is 6.45. The van der Waals surface area contributed by atoms with Gasteiger partial charge in [-0.1, -0.05) is 24.3 Å². The minimum atomic E-state index is 0.938. The van der Waals surface area contributed by atoms with Crippen molar-refractivity contribution in [3.63, 3.8) is 0 Å². The smallest absolute Gasteiger partial charge is 0.0967 e. The van der Waals surface area contributed by atoms with Gasteiger partial charge in [0.15, 0.2) is 0 Å². The Balaban J connectivity index is 1.86. The Hall–Kier alpha value is -1.31. The van der Waals surface area contributed by atoms with Crippen LogP contribution in [0.5, 0.6) is 0 Å². The van der Waals surface area contributed by atoms with Gasteiger partial charge in [0.2, 0.25) is 0 Å². The van der Waals surface area contributed by atoms with Crippen LogP contribution in [0.4, 0.5) is 0 Å². The first-order valence-corrected chi connectivity index (χ1v) is 4.68. The molecule has 1 aromatic rings. The molecule has 1 radical (unpaired) electrons. The molecule has 0 atom stereocenters. The summed E-state index contributed by atoms with van der Waals surface area (Å²) in [4.78, 5) is 4.34. The molecular weight excluding hydrogens is 160 g/mol. The van der Waals surface area contributed by atoms with Gasteiger partial charge in [-0.3, -0.25) is 4.99 Å². The van der Waals surface area contributed by atoms with Gasteiger partial charge in [0.1, 0.15) is 0 Å². The normalized spacial score (nSPS) is 15.2. The average molecular weight is 173 g/mol. The Bertz CT molecular complexity index is 290. The molecule has 1 aliphatic rings. The van der Waals surface area contributed by atoms with Crippen LogP contribution in [0.2, 0.25) is 0 Å².